The number of amides is 2. The Labute approximate surface area is 208 Å². The van der Waals surface area contributed by atoms with Gasteiger partial charge in [0.2, 0.25) is 11.8 Å². The number of hydrogen-bond donors (Lipinski definition) is 1. The van der Waals surface area contributed by atoms with Crippen LogP contribution in [0.5, 0.6) is 0 Å². The minimum Gasteiger partial charge on any atom is -0.326 e. The van der Waals surface area contributed by atoms with Crippen molar-refractivity contribution in [3.8, 4) is 12.1 Å². The fraction of sp³-hybridized carbons (Fsp3) is 0.586. The average Bonchev–Trinajstić information content (AvgIpc) is 3.19. The van der Waals surface area contributed by atoms with Gasteiger partial charge in [-0.05, 0) is 86.8 Å². The molecular formula is C29H34N4O2. The lowest BCUT2D eigenvalue weighted by Crippen LogP contribution is -2.54. The van der Waals surface area contributed by atoms with E-state index in [4.69, 9.17) is 0 Å². The van der Waals surface area contributed by atoms with E-state index in [1.165, 1.54) is 11.3 Å². The predicted octanol–water partition coefficient (Wildman–Crippen LogP) is 5.36. The van der Waals surface area contributed by atoms with Crippen LogP contribution < -0.4 is 5.32 Å². The Morgan fingerprint density at radius 2 is 1.83 bits per heavy atom. The highest BCUT2D eigenvalue weighted by atomic mass is 16.2. The van der Waals surface area contributed by atoms with Gasteiger partial charge in [-0.25, -0.2) is 0 Å². The number of rotatable bonds is 2. The summed E-state index contributed by atoms with van der Waals surface area (Å²) < 4.78 is 0. The molecule has 0 bridgehead atoms. The Morgan fingerprint density at radius 1 is 1.09 bits per heavy atom. The molecule has 6 heteroatoms. The summed E-state index contributed by atoms with van der Waals surface area (Å²) in [6, 6.07) is 8.97. The van der Waals surface area contributed by atoms with Crippen molar-refractivity contribution < 1.29 is 9.59 Å². The standard InChI is InChI=1S/C29H34N4O2/c1-17-13-21-22-7-8-24(27(35)32-20-6-5-18(15-30)19(14-20)16-31)28(22,2)11-9-23(21)29(3)12-10-25(34)33(4)26(17)29/h5-6,14,21-24H,7-13H2,1-4H3,(H,32,35)/t21-,22-,23-,24+,28-,29+/m0/s1. The summed E-state index contributed by atoms with van der Waals surface area (Å²) in [6.45, 7) is 6.91. The summed E-state index contributed by atoms with van der Waals surface area (Å²) in [6.07, 6.45) is 6.61. The molecule has 1 aromatic carbocycles. The first-order valence-electron chi connectivity index (χ1n) is 12.9. The Balaban J connectivity index is 1.40. The summed E-state index contributed by atoms with van der Waals surface area (Å²) in [5.74, 6) is 1.78. The van der Waals surface area contributed by atoms with Crippen molar-refractivity contribution >= 4 is 17.5 Å². The molecule has 0 unspecified atom stereocenters. The average molecular weight is 471 g/mol. The minimum absolute atomic E-state index is 0.0278. The van der Waals surface area contributed by atoms with E-state index in [2.05, 4.69) is 26.1 Å². The second-order valence-electron chi connectivity index (χ2n) is 11.7. The molecule has 5 rings (SSSR count). The van der Waals surface area contributed by atoms with Gasteiger partial charge < -0.3 is 10.2 Å². The van der Waals surface area contributed by atoms with Gasteiger partial charge in [-0.15, -0.1) is 0 Å². The van der Waals surface area contributed by atoms with Crippen molar-refractivity contribution in [3.05, 3.63) is 40.6 Å². The Kier molecular flexibility index (Phi) is 5.55. The number of nitriles is 2. The highest BCUT2D eigenvalue weighted by Gasteiger charge is 2.61. The molecule has 3 fully saturated rings. The van der Waals surface area contributed by atoms with Crippen molar-refractivity contribution in [2.45, 2.75) is 65.7 Å². The van der Waals surface area contributed by atoms with Crippen molar-refractivity contribution in [1.82, 2.24) is 4.90 Å². The topological polar surface area (TPSA) is 97.0 Å². The normalized spacial score (nSPS) is 35.9. The lowest BCUT2D eigenvalue weighted by molar-refractivity contribution is -0.137. The maximum atomic E-state index is 13.5. The molecule has 6 nitrogen and oxygen atoms in total. The monoisotopic (exact) mass is 470 g/mol. The van der Waals surface area contributed by atoms with Crippen LogP contribution in [0.15, 0.2) is 29.5 Å². The van der Waals surface area contributed by atoms with E-state index in [-0.39, 0.29) is 34.1 Å². The number of benzene rings is 1. The number of carbonyl (C=O) groups excluding carboxylic acids is 2. The van der Waals surface area contributed by atoms with Crippen molar-refractivity contribution in [3.63, 3.8) is 0 Å². The molecule has 1 N–H and O–H groups in total. The Bertz CT molecular complexity index is 1220. The SMILES string of the molecule is CC1=C2N(C)C(=O)CC[C@]2(C)[C@H]2CC[C@]3(C)[C@@H](C(=O)Nc4ccc(C#N)c(C#N)c4)CC[C@H]3[C@@H]2C1. The third-order valence-electron chi connectivity index (χ3n) is 10.2. The van der Waals surface area contributed by atoms with Gasteiger partial charge in [0.15, 0.2) is 0 Å². The molecule has 0 aromatic heterocycles. The smallest absolute Gasteiger partial charge is 0.228 e. The molecular weight excluding hydrogens is 436 g/mol. The molecule has 0 spiro atoms. The summed E-state index contributed by atoms with van der Waals surface area (Å²) in [7, 11) is 1.95. The van der Waals surface area contributed by atoms with Crippen LogP contribution in [0.2, 0.25) is 0 Å². The van der Waals surface area contributed by atoms with Gasteiger partial charge in [0.25, 0.3) is 0 Å². The van der Waals surface area contributed by atoms with Gasteiger partial charge >= 0.3 is 0 Å². The number of carbonyl (C=O) groups is 2. The minimum atomic E-state index is -0.0660. The van der Waals surface area contributed by atoms with Crippen LogP contribution in [0.25, 0.3) is 0 Å². The number of likely N-dealkylation sites (tertiary alicyclic amines) is 1. The van der Waals surface area contributed by atoms with Crippen molar-refractivity contribution in [2.75, 3.05) is 12.4 Å². The summed E-state index contributed by atoms with van der Waals surface area (Å²) in [4.78, 5) is 27.9. The van der Waals surface area contributed by atoms with Crippen molar-refractivity contribution in [1.29, 1.82) is 10.5 Å². The largest absolute Gasteiger partial charge is 0.326 e. The number of nitrogens with one attached hydrogen (secondary N) is 1. The molecule has 1 heterocycles. The molecule has 2 amide bonds. The fourth-order valence-corrected chi connectivity index (χ4v) is 8.58. The molecule has 2 saturated carbocycles. The maximum absolute atomic E-state index is 13.5. The number of hydrogen-bond acceptors (Lipinski definition) is 4. The Morgan fingerprint density at radius 3 is 2.54 bits per heavy atom. The summed E-state index contributed by atoms with van der Waals surface area (Å²) >= 11 is 0. The molecule has 1 saturated heterocycles. The van der Waals surface area contributed by atoms with Crippen LogP contribution in [0.4, 0.5) is 5.69 Å². The zero-order chi connectivity index (χ0) is 25.1. The van der Waals surface area contributed by atoms with Gasteiger partial charge in [-0.2, -0.15) is 10.5 Å². The molecule has 0 radical (unpaired) electrons. The van der Waals surface area contributed by atoms with E-state index in [0.717, 1.165) is 38.5 Å². The van der Waals surface area contributed by atoms with E-state index in [9.17, 15) is 20.1 Å². The number of piperidine rings is 1. The highest BCUT2D eigenvalue weighted by molar-refractivity contribution is 5.93. The molecule has 182 valence electrons. The fourth-order valence-electron chi connectivity index (χ4n) is 8.58. The van der Waals surface area contributed by atoms with Gasteiger partial charge in [0, 0.05) is 36.2 Å². The second kappa shape index (κ2) is 8.23. The highest BCUT2D eigenvalue weighted by Crippen LogP contribution is 2.66. The first kappa shape index (κ1) is 23.6. The van der Waals surface area contributed by atoms with E-state index < -0.39 is 0 Å². The summed E-state index contributed by atoms with van der Waals surface area (Å²) in [5.41, 5.74) is 3.78. The lowest BCUT2D eigenvalue weighted by atomic mass is 9.48. The third-order valence-corrected chi connectivity index (χ3v) is 10.2. The van der Waals surface area contributed by atoms with Gasteiger partial charge in [-0.3, -0.25) is 9.59 Å². The predicted molar refractivity (Wildman–Crippen MR) is 132 cm³/mol. The molecule has 4 aliphatic rings. The summed E-state index contributed by atoms with van der Waals surface area (Å²) in [5, 5.41) is 21.6. The first-order valence-corrected chi connectivity index (χ1v) is 12.9. The van der Waals surface area contributed by atoms with E-state index in [1.807, 2.05) is 24.1 Å². The second-order valence-corrected chi connectivity index (χ2v) is 11.7. The van der Waals surface area contributed by atoms with Crippen LogP contribution in [-0.2, 0) is 9.59 Å². The molecule has 1 aliphatic heterocycles. The molecule has 35 heavy (non-hydrogen) atoms. The van der Waals surface area contributed by atoms with Crippen LogP contribution in [-0.4, -0.2) is 23.8 Å². The lowest BCUT2D eigenvalue weighted by Gasteiger charge is -2.59. The quantitative estimate of drug-likeness (QED) is 0.629. The van der Waals surface area contributed by atoms with Gasteiger partial charge in [-0.1, -0.05) is 19.4 Å². The number of fused-ring (bicyclic) bond motifs is 5. The van der Waals surface area contributed by atoms with Crippen LogP contribution in [0.1, 0.15) is 76.8 Å². The third kappa shape index (κ3) is 3.41. The zero-order valence-electron chi connectivity index (χ0n) is 21.1. The zero-order valence-corrected chi connectivity index (χ0v) is 21.1. The number of anilines is 1. The van der Waals surface area contributed by atoms with Crippen molar-refractivity contribution in [2.24, 2.45) is 34.5 Å². The van der Waals surface area contributed by atoms with Crippen LogP contribution in [0.3, 0.4) is 0 Å². The molecule has 3 aliphatic carbocycles. The first-order chi connectivity index (χ1) is 16.6. The van der Waals surface area contributed by atoms with Gasteiger partial charge in [0.05, 0.1) is 11.1 Å². The number of allylic oxidation sites excluding steroid dienone is 2. The van der Waals surface area contributed by atoms with Gasteiger partial charge in [0.1, 0.15) is 12.1 Å². The van der Waals surface area contributed by atoms with Crippen LogP contribution in [0, 0.1) is 57.2 Å². The molecule has 6 atom stereocenters. The number of nitrogens with zero attached hydrogens (tertiary/aromatic N) is 3. The van der Waals surface area contributed by atoms with E-state index in [1.54, 1.807) is 18.2 Å². The Hall–Kier alpha value is -3.12. The van der Waals surface area contributed by atoms with E-state index in [0.29, 0.717) is 35.4 Å². The maximum Gasteiger partial charge on any atom is 0.228 e. The van der Waals surface area contributed by atoms with Crippen LogP contribution >= 0.6 is 0 Å². The van der Waals surface area contributed by atoms with E-state index >= 15 is 0 Å². The molecule has 1 aromatic rings.